The van der Waals surface area contributed by atoms with Gasteiger partial charge in [0.1, 0.15) is 5.75 Å². The van der Waals surface area contributed by atoms with Gasteiger partial charge in [-0.05, 0) is 47.5 Å². The normalized spacial score (nSPS) is 9.59. The highest BCUT2D eigenvalue weighted by Gasteiger charge is 2.04. The number of benzene rings is 1. The minimum Gasteiger partial charge on any atom is -0.490 e. The molecule has 0 saturated carbocycles. The molecule has 0 unspecified atom stereocenters. The molecule has 1 aromatic rings. The van der Waals surface area contributed by atoms with E-state index in [0.29, 0.717) is 6.54 Å². The van der Waals surface area contributed by atoms with E-state index >= 15 is 0 Å². The summed E-state index contributed by atoms with van der Waals surface area (Å²) in [5.41, 5.74) is 1.18. The molecule has 2 nitrogen and oxygen atoms in total. The van der Waals surface area contributed by atoms with Crippen LogP contribution in [-0.4, -0.2) is 12.6 Å². The van der Waals surface area contributed by atoms with Gasteiger partial charge in [-0.25, -0.2) is 0 Å². The zero-order valence-electron chi connectivity index (χ0n) is 10.00. The SMILES string of the molecule is C#CCNCc1ccc(OC(C)C)c(Br)c1.Cl. The Morgan fingerprint density at radius 1 is 1.47 bits per heavy atom. The van der Waals surface area contributed by atoms with Crippen molar-refractivity contribution < 1.29 is 4.74 Å². The first-order chi connectivity index (χ1) is 7.63. The highest BCUT2D eigenvalue weighted by molar-refractivity contribution is 9.10. The molecule has 1 aromatic carbocycles. The molecule has 0 spiro atoms. The van der Waals surface area contributed by atoms with Crippen molar-refractivity contribution in [2.24, 2.45) is 0 Å². The number of nitrogens with one attached hydrogen (secondary N) is 1. The van der Waals surface area contributed by atoms with Crippen LogP contribution < -0.4 is 10.1 Å². The summed E-state index contributed by atoms with van der Waals surface area (Å²) in [4.78, 5) is 0. The number of hydrogen-bond acceptors (Lipinski definition) is 2. The molecular formula is C13H17BrClNO. The lowest BCUT2D eigenvalue weighted by Crippen LogP contribution is -2.13. The van der Waals surface area contributed by atoms with Gasteiger partial charge in [0.2, 0.25) is 0 Å². The van der Waals surface area contributed by atoms with E-state index in [1.165, 1.54) is 5.56 Å². The summed E-state index contributed by atoms with van der Waals surface area (Å²) in [6, 6.07) is 6.05. The molecule has 0 atom stereocenters. The Labute approximate surface area is 118 Å². The summed E-state index contributed by atoms with van der Waals surface area (Å²) in [6.45, 7) is 5.37. The molecular weight excluding hydrogens is 302 g/mol. The summed E-state index contributed by atoms with van der Waals surface area (Å²) < 4.78 is 6.60. The monoisotopic (exact) mass is 317 g/mol. The summed E-state index contributed by atoms with van der Waals surface area (Å²) in [7, 11) is 0. The van der Waals surface area contributed by atoms with Gasteiger partial charge in [0.25, 0.3) is 0 Å². The summed E-state index contributed by atoms with van der Waals surface area (Å²) in [6.07, 6.45) is 5.34. The van der Waals surface area contributed by atoms with Crippen molar-refractivity contribution in [1.82, 2.24) is 5.32 Å². The molecule has 0 radical (unpaired) electrons. The van der Waals surface area contributed by atoms with Crippen molar-refractivity contribution in [3.63, 3.8) is 0 Å². The molecule has 4 heteroatoms. The van der Waals surface area contributed by atoms with Crippen LogP contribution in [0.15, 0.2) is 22.7 Å². The van der Waals surface area contributed by atoms with Crippen LogP contribution in [0.1, 0.15) is 19.4 Å². The largest absolute Gasteiger partial charge is 0.490 e. The van der Waals surface area contributed by atoms with E-state index in [9.17, 15) is 0 Å². The minimum atomic E-state index is 0. The molecule has 0 aliphatic heterocycles. The van der Waals surface area contributed by atoms with E-state index < -0.39 is 0 Å². The van der Waals surface area contributed by atoms with E-state index in [2.05, 4.69) is 27.2 Å². The highest BCUT2D eigenvalue weighted by Crippen LogP contribution is 2.26. The number of terminal acetylenes is 1. The second-order valence-electron chi connectivity index (χ2n) is 3.74. The smallest absolute Gasteiger partial charge is 0.133 e. The predicted octanol–water partition coefficient (Wildman–Crippen LogP) is 3.38. The van der Waals surface area contributed by atoms with Crippen molar-refractivity contribution in [1.29, 1.82) is 0 Å². The second kappa shape index (κ2) is 8.41. The van der Waals surface area contributed by atoms with E-state index in [1.54, 1.807) is 0 Å². The van der Waals surface area contributed by atoms with Crippen LogP contribution >= 0.6 is 28.3 Å². The Morgan fingerprint density at radius 2 is 2.18 bits per heavy atom. The average molecular weight is 319 g/mol. The quantitative estimate of drug-likeness (QED) is 0.664. The lowest BCUT2D eigenvalue weighted by Gasteiger charge is -2.12. The summed E-state index contributed by atoms with van der Waals surface area (Å²) >= 11 is 3.49. The van der Waals surface area contributed by atoms with Gasteiger partial charge in [-0.3, -0.25) is 0 Å². The molecule has 1 rings (SSSR count). The van der Waals surface area contributed by atoms with Crippen molar-refractivity contribution >= 4 is 28.3 Å². The maximum absolute atomic E-state index is 5.63. The molecule has 0 amide bonds. The fraction of sp³-hybridized carbons (Fsp3) is 0.385. The van der Waals surface area contributed by atoms with E-state index in [0.717, 1.165) is 16.8 Å². The van der Waals surface area contributed by atoms with Gasteiger partial charge in [0.05, 0.1) is 17.1 Å². The fourth-order valence-electron chi connectivity index (χ4n) is 1.28. The second-order valence-corrected chi connectivity index (χ2v) is 4.59. The Balaban J connectivity index is 0.00000256. The summed E-state index contributed by atoms with van der Waals surface area (Å²) in [5, 5.41) is 3.14. The van der Waals surface area contributed by atoms with Crippen LogP contribution in [0.25, 0.3) is 0 Å². The number of ether oxygens (including phenoxy) is 1. The van der Waals surface area contributed by atoms with Crippen molar-refractivity contribution in [3.8, 4) is 18.1 Å². The third-order valence-electron chi connectivity index (χ3n) is 1.92. The number of rotatable bonds is 5. The topological polar surface area (TPSA) is 21.3 Å². The summed E-state index contributed by atoms with van der Waals surface area (Å²) in [5.74, 6) is 3.41. The Kier molecular flexibility index (Phi) is 8.07. The average Bonchev–Trinajstić information content (AvgIpc) is 2.22. The van der Waals surface area contributed by atoms with E-state index in [4.69, 9.17) is 11.2 Å². The number of hydrogen-bond donors (Lipinski definition) is 1. The van der Waals surface area contributed by atoms with Crippen molar-refractivity contribution in [2.45, 2.75) is 26.5 Å². The van der Waals surface area contributed by atoms with Crippen molar-refractivity contribution in [2.75, 3.05) is 6.54 Å². The molecule has 0 aliphatic carbocycles. The standard InChI is InChI=1S/C13H16BrNO.ClH/c1-4-7-15-9-11-5-6-13(12(14)8-11)16-10(2)3;/h1,5-6,8,10,15H,7,9H2,2-3H3;1H. The van der Waals surface area contributed by atoms with E-state index in [1.807, 2.05) is 32.0 Å². The van der Waals surface area contributed by atoms with Crippen LogP contribution in [0, 0.1) is 12.3 Å². The zero-order valence-corrected chi connectivity index (χ0v) is 12.4. The van der Waals surface area contributed by atoms with Crippen LogP contribution in [0.4, 0.5) is 0 Å². The Hall–Kier alpha value is -0.690. The molecule has 0 aliphatic rings. The molecule has 17 heavy (non-hydrogen) atoms. The Morgan fingerprint density at radius 3 is 2.71 bits per heavy atom. The molecule has 94 valence electrons. The molecule has 0 saturated heterocycles. The lowest BCUT2D eigenvalue weighted by atomic mass is 10.2. The van der Waals surface area contributed by atoms with Crippen LogP contribution in [0.2, 0.25) is 0 Å². The van der Waals surface area contributed by atoms with Crippen LogP contribution in [0.3, 0.4) is 0 Å². The third kappa shape index (κ3) is 5.97. The highest BCUT2D eigenvalue weighted by atomic mass is 79.9. The molecule has 0 aromatic heterocycles. The molecule has 0 bridgehead atoms. The van der Waals surface area contributed by atoms with Crippen molar-refractivity contribution in [3.05, 3.63) is 28.2 Å². The minimum absolute atomic E-state index is 0. The predicted molar refractivity (Wildman–Crippen MR) is 77.7 cm³/mol. The maximum Gasteiger partial charge on any atom is 0.133 e. The first-order valence-electron chi connectivity index (χ1n) is 5.22. The Bertz CT molecular complexity index is 387. The van der Waals surface area contributed by atoms with Crippen LogP contribution in [0.5, 0.6) is 5.75 Å². The zero-order chi connectivity index (χ0) is 12.0. The fourth-order valence-corrected chi connectivity index (χ4v) is 1.80. The number of halogens is 2. The molecule has 0 fully saturated rings. The van der Waals surface area contributed by atoms with Gasteiger partial charge >= 0.3 is 0 Å². The van der Waals surface area contributed by atoms with Gasteiger partial charge < -0.3 is 10.1 Å². The van der Waals surface area contributed by atoms with Gasteiger partial charge in [0.15, 0.2) is 0 Å². The maximum atomic E-state index is 5.63. The molecule has 1 N–H and O–H groups in total. The van der Waals surface area contributed by atoms with E-state index in [-0.39, 0.29) is 18.5 Å². The third-order valence-corrected chi connectivity index (χ3v) is 2.53. The van der Waals surface area contributed by atoms with Gasteiger partial charge in [-0.15, -0.1) is 18.8 Å². The molecule has 0 heterocycles. The van der Waals surface area contributed by atoms with Crippen LogP contribution in [-0.2, 0) is 6.54 Å². The lowest BCUT2D eigenvalue weighted by molar-refractivity contribution is 0.241. The van der Waals surface area contributed by atoms with Gasteiger partial charge in [0, 0.05) is 6.54 Å². The first-order valence-corrected chi connectivity index (χ1v) is 6.02. The van der Waals surface area contributed by atoms with Gasteiger partial charge in [-0.1, -0.05) is 12.0 Å². The first kappa shape index (κ1) is 16.3. The van der Waals surface area contributed by atoms with Gasteiger partial charge in [-0.2, -0.15) is 0 Å².